The Morgan fingerprint density at radius 2 is 1.83 bits per heavy atom. The van der Waals surface area contributed by atoms with Crippen molar-refractivity contribution in [3.8, 4) is 5.75 Å². The summed E-state index contributed by atoms with van der Waals surface area (Å²) in [6.45, 7) is 8.91. The number of ketones is 2. The van der Waals surface area contributed by atoms with Gasteiger partial charge < -0.3 is 31.5 Å². The fraction of sp³-hybridized carbons (Fsp3) is 0.519. The summed E-state index contributed by atoms with van der Waals surface area (Å²) in [5.74, 6) is -7.08. The lowest BCUT2D eigenvalue weighted by Crippen LogP contribution is -2.62. The van der Waals surface area contributed by atoms with E-state index in [0.717, 1.165) is 12.1 Å². The number of aliphatic hydroxyl groups is 3. The van der Waals surface area contributed by atoms with Crippen LogP contribution in [0, 0.1) is 29.6 Å². The summed E-state index contributed by atoms with van der Waals surface area (Å²) < 4.78 is 0. The van der Waals surface area contributed by atoms with E-state index < -0.39 is 57.9 Å². The molecule has 1 aromatic rings. The zero-order valence-electron chi connectivity index (χ0n) is 21.0. The highest BCUT2D eigenvalue weighted by molar-refractivity contribution is 6.23. The van der Waals surface area contributed by atoms with Gasteiger partial charge in [0.15, 0.2) is 11.4 Å². The number of fused-ring (bicyclic) bond motifs is 3. The van der Waals surface area contributed by atoms with Crippen LogP contribution in [0.5, 0.6) is 5.75 Å². The third-order valence-electron chi connectivity index (χ3n) is 7.82. The van der Waals surface area contributed by atoms with Crippen LogP contribution in [0.1, 0.15) is 50.8 Å². The number of rotatable bonds is 6. The van der Waals surface area contributed by atoms with Crippen LogP contribution in [0.2, 0.25) is 0 Å². The fourth-order valence-corrected chi connectivity index (χ4v) is 6.21. The molecular weight excluding hydrogens is 464 g/mol. The van der Waals surface area contributed by atoms with E-state index in [2.05, 4.69) is 19.2 Å². The van der Waals surface area contributed by atoms with E-state index in [1.54, 1.807) is 19.9 Å². The van der Waals surface area contributed by atoms with Crippen LogP contribution in [-0.4, -0.2) is 50.0 Å². The molecule has 0 spiro atoms. The number of hydrogen-bond donors (Lipinski definition) is 6. The first kappa shape index (κ1) is 25.9. The summed E-state index contributed by atoms with van der Waals surface area (Å²) in [4.78, 5) is 39.0. The van der Waals surface area contributed by atoms with Gasteiger partial charge in [-0.2, -0.15) is 0 Å². The number of Topliss-reactive ketones (excluding diaryl/α,β-unsaturated/α-hetero) is 2. The average molecular weight is 499 g/mol. The van der Waals surface area contributed by atoms with Gasteiger partial charge in [-0.25, -0.2) is 0 Å². The topological polar surface area (TPSA) is 170 Å². The van der Waals surface area contributed by atoms with E-state index in [0.29, 0.717) is 24.4 Å². The second kappa shape index (κ2) is 9.05. The van der Waals surface area contributed by atoms with E-state index in [1.165, 1.54) is 6.07 Å². The lowest BCUT2D eigenvalue weighted by molar-refractivity contribution is -0.155. The monoisotopic (exact) mass is 498 g/mol. The van der Waals surface area contributed by atoms with E-state index in [4.69, 9.17) is 5.73 Å². The molecule has 1 aromatic carbocycles. The van der Waals surface area contributed by atoms with Gasteiger partial charge in [-0.15, -0.1) is 0 Å². The molecule has 36 heavy (non-hydrogen) atoms. The lowest BCUT2D eigenvalue weighted by Gasteiger charge is -2.50. The smallest absolute Gasteiger partial charge is 0.255 e. The summed E-state index contributed by atoms with van der Waals surface area (Å²) in [7, 11) is 0. The molecule has 4 rings (SSSR count). The highest BCUT2D eigenvalue weighted by atomic mass is 16.3. The Bertz CT molecular complexity index is 1210. The molecule has 1 fully saturated rings. The standard InChI is InChI=1S/C27H34N2O7/c1-11(2)9-29-10-13-5-6-17(30)20-15(13)7-14-8-16-18(12(3)4)22(31)21(26(28)35)25(34)27(16,36)24(33)19(14)23(20)32/h5-6,11-12,14,16,18,29-30,32,34,36H,7-10H2,1-4H3,(H2,28,35)/t14-,16-,18-,27-/m0/s1. The van der Waals surface area contributed by atoms with Crippen LogP contribution in [0.4, 0.5) is 0 Å². The fourth-order valence-electron chi connectivity index (χ4n) is 6.21. The number of nitrogens with two attached hydrogens (primary N) is 1. The van der Waals surface area contributed by atoms with Crippen LogP contribution in [-0.2, 0) is 27.3 Å². The molecule has 0 aromatic heterocycles. The Morgan fingerprint density at radius 3 is 2.42 bits per heavy atom. The normalized spacial score (nSPS) is 27.9. The Hall–Kier alpha value is -3.17. The number of benzene rings is 1. The van der Waals surface area contributed by atoms with Crippen molar-refractivity contribution in [2.45, 2.75) is 52.7 Å². The SMILES string of the molecule is CC(C)CNCc1ccc(O)c2c1C[C@H]1C[C@H]3[C@H](C(C)C)C(=O)C(C(N)=O)=C(O)[C@@]3(O)C(=O)C1=C2O. The maximum atomic E-state index is 13.8. The van der Waals surface area contributed by atoms with Gasteiger partial charge in [0.1, 0.15) is 22.8 Å². The van der Waals surface area contributed by atoms with Gasteiger partial charge in [0.05, 0.1) is 5.56 Å². The number of aliphatic hydroxyl groups excluding tert-OH is 2. The summed E-state index contributed by atoms with van der Waals surface area (Å²) >= 11 is 0. The maximum absolute atomic E-state index is 13.8. The number of hydrogen-bond acceptors (Lipinski definition) is 8. The zero-order valence-corrected chi connectivity index (χ0v) is 21.0. The molecule has 0 aliphatic heterocycles. The lowest BCUT2D eigenvalue weighted by atomic mass is 9.54. The molecular formula is C27H34N2O7. The minimum Gasteiger partial charge on any atom is -0.508 e. The molecule has 0 heterocycles. The van der Waals surface area contributed by atoms with E-state index >= 15 is 0 Å². The number of nitrogens with one attached hydrogen (secondary N) is 1. The molecule has 1 amide bonds. The molecule has 0 bridgehead atoms. The first-order valence-corrected chi connectivity index (χ1v) is 12.3. The van der Waals surface area contributed by atoms with Crippen molar-refractivity contribution in [3.63, 3.8) is 0 Å². The predicted octanol–water partition coefficient (Wildman–Crippen LogP) is 2.05. The first-order chi connectivity index (χ1) is 16.8. The van der Waals surface area contributed by atoms with Crippen molar-refractivity contribution in [2.75, 3.05) is 6.54 Å². The van der Waals surface area contributed by atoms with Gasteiger partial charge in [-0.05, 0) is 54.3 Å². The van der Waals surface area contributed by atoms with Crippen LogP contribution >= 0.6 is 0 Å². The van der Waals surface area contributed by atoms with Crippen LogP contribution in [0.25, 0.3) is 5.76 Å². The van der Waals surface area contributed by atoms with Crippen molar-refractivity contribution >= 4 is 23.2 Å². The highest BCUT2D eigenvalue weighted by Gasteiger charge is 2.64. The molecule has 0 saturated heterocycles. The van der Waals surface area contributed by atoms with Crippen molar-refractivity contribution in [3.05, 3.63) is 45.7 Å². The minimum atomic E-state index is -2.59. The third-order valence-corrected chi connectivity index (χ3v) is 7.82. The van der Waals surface area contributed by atoms with Gasteiger partial charge in [0, 0.05) is 24.0 Å². The van der Waals surface area contributed by atoms with Crippen molar-refractivity contribution in [1.82, 2.24) is 5.32 Å². The van der Waals surface area contributed by atoms with E-state index in [9.17, 15) is 34.8 Å². The second-order valence-corrected chi connectivity index (χ2v) is 10.9. The van der Waals surface area contributed by atoms with Crippen LogP contribution in [0.15, 0.2) is 29.0 Å². The molecule has 0 unspecified atom stereocenters. The average Bonchev–Trinajstić information content (AvgIpc) is 2.77. The number of phenolic OH excluding ortho intramolecular Hbond substituents is 1. The summed E-state index contributed by atoms with van der Waals surface area (Å²) in [5.41, 5.74) is 3.53. The van der Waals surface area contributed by atoms with Gasteiger partial charge in [0.2, 0.25) is 5.78 Å². The number of amides is 1. The third kappa shape index (κ3) is 3.72. The number of primary amides is 1. The maximum Gasteiger partial charge on any atom is 0.255 e. The molecule has 9 heteroatoms. The molecule has 9 nitrogen and oxygen atoms in total. The van der Waals surface area contributed by atoms with Crippen molar-refractivity contribution in [2.24, 2.45) is 35.3 Å². The van der Waals surface area contributed by atoms with Crippen molar-refractivity contribution < 1.29 is 34.8 Å². The number of carbonyl (C=O) groups is 3. The van der Waals surface area contributed by atoms with Crippen molar-refractivity contribution in [1.29, 1.82) is 0 Å². The van der Waals surface area contributed by atoms with E-state index in [-0.39, 0.29) is 29.2 Å². The summed E-state index contributed by atoms with van der Waals surface area (Å²) in [6.07, 6.45) is 0.409. The Kier molecular flexibility index (Phi) is 6.51. The molecule has 4 atom stereocenters. The molecule has 194 valence electrons. The molecule has 3 aliphatic rings. The van der Waals surface area contributed by atoms with E-state index in [1.807, 2.05) is 0 Å². The quantitative estimate of drug-likeness (QED) is 0.324. The first-order valence-electron chi connectivity index (χ1n) is 12.3. The van der Waals surface area contributed by atoms with Crippen LogP contribution < -0.4 is 11.1 Å². The largest absolute Gasteiger partial charge is 0.508 e. The second-order valence-electron chi connectivity index (χ2n) is 10.9. The zero-order chi connectivity index (χ0) is 26.7. The Morgan fingerprint density at radius 1 is 1.17 bits per heavy atom. The molecule has 1 saturated carbocycles. The van der Waals surface area contributed by atoms with Gasteiger partial charge in [0.25, 0.3) is 5.91 Å². The van der Waals surface area contributed by atoms with Gasteiger partial charge in [-0.3, -0.25) is 14.4 Å². The molecule has 3 aliphatic carbocycles. The summed E-state index contributed by atoms with van der Waals surface area (Å²) in [6, 6.07) is 3.22. The number of aromatic hydroxyl groups is 1. The van der Waals surface area contributed by atoms with Gasteiger partial charge >= 0.3 is 0 Å². The molecule has 7 N–H and O–H groups in total. The Labute approximate surface area is 209 Å². The van der Waals surface area contributed by atoms with Crippen LogP contribution in [0.3, 0.4) is 0 Å². The van der Waals surface area contributed by atoms with Gasteiger partial charge in [-0.1, -0.05) is 33.8 Å². The number of phenols is 1. The number of carbonyl (C=O) groups excluding carboxylic acids is 3. The minimum absolute atomic E-state index is 0.111. The molecule has 0 radical (unpaired) electrons. The highest BCUT2D eigenvalue weighted by Crippen LogP contribution is 2.54. The predicted molar refractivity (Wildman–Crippen MR) is 132 cm³/mol. The Balaban J connectivity index is 1.88. The summed E-state index contributed by atoms with van der Waals surface area (Å²) in [5, 5.41) is 47.7.